The lowest BCUT2D eigenvalue weighted by Crippen LogP contribution is -1.92. The highest BCUT2D eigenvalue weighted by Gasteiger charge is 2.20. The van der Waals surface area contributed by atoms with Gasteiger partial charge in [-0.05, 0) is 82.4 Å². The first-order valence-electron chi connectivity index (χ1n) is 15.9. The molecule has 0 spiro atoms. The van der Waals surface area contributed by atoms with Gasteiger partial charge in [0.2, 0.25) is 0 Å². The number of furan rings is 1. The van der Waals surface area contributed by atoms with Gasteiger partial charge in [-0.3, -0.25) is 0 Å². The summed E-state index contributed by atoms with van der Waals surface area (Å²) in [4.78, 5) is 0. The molecular weight excluding hydrogens is 591 g/mol. The molecule has 2 nitrogen and oxygen atoms in total. The van der Waals surface area contributed by atoms with E-state index in [1.807, 2.05) is 11.3 Å². The number of para-hydroxylation sites is 2. The van der Waals surface area contributed by atoms with Crippen molar-refractivity contribution in [1.29, 1.82) is 0 Å². The van der Waals surface area contributed by atoms with Gasteiger partial charge in [0.05, 0.1) is 5.52 Å². The average molecular weight is 618 g/mol. The fraction of sp³-hybridized carbons (Fsp3) is 0. The molecule has 220 valence electrons. The Hall–Kier alpha value is -5.90. The molecule has 0 radical (unpaired) electrons. The van der Waals surface area contributed by atoms with Crippen LogP contribution in [0.3, 0.4) is 0 Å². The summed E-state index contributed by atoms with van der Waals surface area (Å²) in [5.41, 5.74) is 12.5. The van der Waals surface area contributed by atoms with E-state index in [-0.39, 0.29) is 0 Å². The topological polar surface area (TPSA) is 18.1 Å². The summed E-state index contributed by atoms with van der Waals surface area (Å²) in [5.74, 6) is 0. The fourth-order valence-corrected chi connectivity index (χ4v) is 8.39. The summed E-state index contributed by atoms with van der Waals surface area (Å²) in [7, 11) is 0. The van der Waals surface area contributed by atoms with E-state index in [1.54, 1.807) is 0 Å². The van der Waals surface area contributed by atoms with Crippen molar-refractivity contribution in [2.45, 2.75) is 0 Å². The van der Waals surface area contributed by atoms with E-state index in [1.165, 1.54) is 48.0 Å². The minimum atomic E-state index is 0.898. The van der Waals surface area contributed by atoms with Crippen LogP contribution < -0.4 is 0 Å². The Balaban J connectivity index is 1.10. The van der Waals surface area contributed by atoms with Crippen molar-refractivity contribution in [3.63, 3.8) is 0 Å². The minimum Gasteiger partial charge on any atom is -0.454 e. The van der Waals surface area contributed by atoms with Crippen LogP contribution >= 0.6 is 11.3 Å². The molecule has 0 aliphatic carbocycles. The van der Waals surface area contributed by atoms with Gasteiger partial charge in [-0.1, -0.05) is 109 Å². The molecule has 0 amide bonds. The maximum Gasteiger partial charge on any atom is 0.161 e. The smallest absolute Gasteiger partial charge is 0.161 e. The Bertz CT molecular complexity index is 2770. The lowest BCUT2D eigenvalue weighted by Gasteiger charge is -2.10. The molecule has 0 saturated heterocycles. The number of benzene rings is 7. The molecule has 7 aromatic carbocycles. The van der Waals surface area contributed by atoms with Crippen LogP contribution in [0.25, 0.3) is 92.2 Å². The van der Waals surface area contributed by atoms with Gasteiger partial charge in [-0.25, -0.2) is 0 Å². The van der Waals surface area contributed by atoms with Crippen LogP contribution in [0.5, 0.6) is 0 Å². The SMILES string of the molecule is c1ccc(-c2cc(-c3ccc(-c4ccc5c(c4)oc4c6ccccc6n(-c6ccccc6)c54)cc3)c3sc4ccccc4c3c2)cc1. The van der Waals surface area contributed by atoms with Crippen molar-refractivity contribution < 1.29 is 4.42 Å². The number of aromatic nitrogens is 1. The van der Waals surface area contributed by atoms with Crippen molar-refractivity contribution in [3.8, 4) is 39.1 Å². The third kappa shape index (κ3) is 4.10. The highest BCUT2D eigenvalue weighted by molar-refractivity contribution is 7.26. The quantitative estimate of drug-likeness (QED) is 0.192. The summed E-state index contributed by atoms with van der Waals surface area (Å²) in [6.45, 7) is 0. The molecule has 0 N–H and O–H groups in total. The van der Waals surface area contributed by atoms with E-state index in [0.717, 1.165) is 44.2 Å². The second-order valence-electron chi connectivity index (χ2n) is 12.1. The van der Waals surface area contributed by atoms with Gasteiger partial charge in [0.15, 0.2) is 5.58 Å². The lowest BCUT2D eigenvalue weighted by molar-refractivity contribution is 0.673. The molecule has 0 bridgehead atoms. The Morgan fingerprint density at radius 3 is 1.94 bits per heavy atom. The number of fused-ring (bicyclic) bond motifs is 8. The molecule has 0 unspecified atom stereocenters. The second kappa shape index (κ2) is 10.3. The third-order valence-corrected chi connectivity index (χ3v) is 10.6. The van der Waals surface area contributed by atoms with Crippen LogP contribution in [-0.2, 0) is 0 Å². The molecule has 0 aliphatic heterocycles. The van der Waals surface area contributed by atoms with Gasteiger partial charge in [-0.15, -0.1) is 11.3 Å². The molecule has 3 heterocycles. The number of thiophene rings is 1. The summed E-state index contributed by atoms with van der Waals surface area (Å²) in [6, 6.07) is 58.8. The van der Waals surface area contributed by atoms with E-state index in [2.05, 4.69) is 168 Å². The zero-order chi connectivity index (χ0) is 30.9. The monoisotopic (exact) mass is 617 g/mol. The highest BCUT2D eigenvalue weighted by Crippen LogP contribution is 2.44. The zero-order valence-electron chi connectivity index (χ0n) is 25.4. The third-order valence-electron chi connectivity index (χ3n) is 9.41. The Morgan fingerprint density at radius 1 is 0.447 bits per heavy atom. The summed E-state index contributed by atoms with van der Waals surface area (Å²) in [5, 5.41) is 4.87. The Morgan fingerprint density at radius 2 is 1.11 bits per heavy atom. The number of hydrogen-bond donors (Lipinski definition) is 0. The van der Waals surface area contributed by atoms with E-state index in [0.29, 0.717) is 0 Å². The first kappa shape index (κ1) is 26.3. The molecule has 10 aromatic rings. The van der Waals surface area contributed by atoms with E-state index in [9.17, 15) is 0 Å². The molecule has 0 aliphatic rings. The highest BCUT2D eigenvalue weighted by atomic mass is 32.1. The predicted octanol–water partition coefficient (Wildman–Crippen LogP) is 12.9. The zero-order valence-corrected chi connectivity index (χ0v) is 26.2. The number of hydrogen-bond acceptors (Lipinski definition) is 2. The maximum atomic E-state index is 6.64. The van der Waals surface area contributed by atoms with Crippen molar-refractivity contribution in [3.05, 3.63) is 164 Å². The Kier molecular flexibility index (Phi) is 5.78. The van der Waals surface area contributed by atoms with Gasteiger partial charge < -0.3 is 8.98 Å². The fourth-order valence-electron chi connectivity index (χ4n) is 7.17. The number of rotatable bonds is 4. The normalized spacial score (nSPS) is 11.8. The maximum absolute atomic E-state index is 6.64. The molecule has 10 rings (SSSR count). The largest absolute Gasteiger partial charge is 0.454 e. The molecule has 3 aromatic heterocycles. The second-order valence-corrected chi connectivity index (χ2v) is 13.2. The Labute approximate surface area is 275 Å². The molecule has 3 heteroatoms. The van der Waals surface area contributed by atoms with Crippen LogP contribution in [0.15, 0.2) is 168 Å². The van der Waals surface area contributed by atoms with Gasteiger partial charge in [0.1, 0.15) is 11.1 Å². The van der Waals surface area contributed by atoms with Crippen molar-refractivity contribution in [2.24, 2.45) is 0 Å². The summed E-state index contributed by atoms with van der Waals surface area (Å²) in [6.07, 6.45) is 0. The molecule has 0 fully saturated rings. The molecule has 47 heavy (non-hydrogen) atoms. The summed E-state index contributed by atoms with van der Waals surface area (Å²) >= 11 is 1.88. The van der Waals surface area contributed by atoms with E-state index in [4.69, 9.17) is 4.42 Å². The average Bonchev–Trinajstić information content (AvgIpc) is 3.80. The predicted molar refractivity (Wildman–Crippen MR) is 200 cm³/mol. The van der Waals surface area contributed by atoms with Crippen LogP contribution in [-0.4, -0.2) is 4.57 Å². The first-order valence-corrected chi connectivity index (χ1v) is 16.7. The molecular formula is C44H27NOS. The van der Waals surface area contributed by atoms with Gasteiger partial charge in [-0.2, -0.15) is 0 Å². The van der Waals surface area contributed by atoms with Crippen LogP contribution in [0, 0.1) is 0 Å². The molecule has 0 saturated carbocycles. The lowest BCUT2D eigenvalue weighted by atomic mass is 9.95. The molecule has 0 atom stereocenters. The van der Waals surface area contributed by atoms with Crippen molar-refractivity contribution in [2.75, 3.05) is 0 Å². The van der Waals surface area contributed by atoms with E-state index < -0.39 is 0 Å². The minimum absolute atomic E-state index is 0.898. The first-order chi connectivity index (χ1) is 23.3. The van der Waals surface area contributed by atoms with Crippen LogP contribution in [0.1, 0.15) is 0 Å². The van der Waals surface area contributed by atoms with Crippen LogP contribution in [0.2, 0.25) is 0 Å². The van der Waals surface area contributed by atoms with Gasteiger partial charge in [0, 0.05) is 42.2 Å². The van der Waals surface area contributed by atoms with E-state index >= 15 is 0 Å². The van der Waals surface area contributed by atoms with Crippen molar-refractivity contribution >= 4 is 64.5 Å². The van der Waals surface area contributed by atoms with Crippen LogP contribution in [0.4, 0.5) is 0 Å². The van der Waals surface area contributed by atoms with Crippen molar-refractivity contribution in [1.82, 2.24) is 4.57 Å². The standard InChI is InChI=1S/C44H27NOS/c1-3-11-28(12-4-1)32-25-37(44-38(26-32)34-15-8-10-18-41(34)47-44)30-21-19-29(20-22-30)31-23-24-36-40(27-31)46-43-35-16-7-9-17-39(35)45(42(36)43)33-13-5-2-6-14-33/h1-27H. The van der Waals surface area contributed by atoms with Gasteiger partial charge in [0.25, 0.3) is 0 Å². The summed E-state index contributed by atoms with van der Waals surface area (Å²) < 4.78 is 11.6. The van der Waals surface area contributed by atoms with Gasteiger partial charge >= 0.3 is 0 Å². The number of nitrogens with zero attached hydrogens (tertiary/aromatic N) is 1.